The van der Waals surface area contributed by atoms with Crippen LogP contribution >= 0.6 is 0 Å². The van der Waals surface area contributed by atoms with Gasteiger partial charge in [0.1, 0.15) is 11.4 Å². The first-order chi connectivity index (χ1) is 13.1. The summed E-state index contributed by atoms with van der Waals surface area (Å²) in [5.74, 6) is 0.208. The summed E-state index contributed by atoms with van der Waals surface area (Å²) in [4.78, 5) is 0. The number of nitrogens with zero attached hydrogens (tertiary/aromatic N) is 2. The van der Waals surface area contributed by atoms with Crippen molar-refractivity contribution in [2.45, 2.75) is 20.8 Å². The lowest BCUT2D eigenvalue weighted by Gasteiger charge is -2.09. The molecule has 3 nitrogen and oxygen atoms in total. The highest BCUT2D eigenvalue weighted by Crippen LogP contribution is 2.41. The number of aryl methyl sites for hydroxylation is 3. The lowest BCUT2D eigenvalue weighted by Crippen LogP contribution is -1.99. The Morgan fingerprint density at radius 2 is 1.33 bits per heavy atom. The highest BCUT2D eigenvalue weighted by Gasteiger charge is 2.23. The van der Waals surface area contributed by atoms with Gasteiger partial charge in [-0.3, -0.25) is 0 Å². The Hall–Kier alpha value is -3.33. The van der Waals surface area contributed by atoms with E-state index in [0.29, 0.717) is 11.4 Å². The Morgan fingerprint density at radius 3 is 1.93 bits per heavy atom. The maximum Gasteiger partial charge on any atom is 0.170 e. The minimum Gasteiger partial charge on any atom is -0.504 e. The predicted octanol–water partition coefficient (Wildman–Crippen LogP) is 5.84. The van der Waals surface area contributed by atoms with Crippen molar-refractivity contribution in [1.82, 2.24) is 9.78 Å². The van der Waals surface area contributed by atoms with Gasteiger partial charge >= 0.3 is 0 Å². The van der Waals surface area contributed by atoms with Crippen molar-refractivity contribution in [2.75, 3.05) is 0 Å². The van der Waals surface area contributed by atoms with Crippen molar-refractivity contribution >= 4 is 0 Å². The number of benzene rings is 3. The van der Waals surface area contributed by atoms with E-state index in [9.17, 15) is 5.11 Å². The molecule has 0 spiro atoms. The molecule has 4 aromatic rings. The topological polar surface area (TPSA) is 38.0 Å². The molecule has 0 saturated carbocycles. The molecule has 0 unspecified atom stereocenters. The normalized spacial score (nSPS) is 10.9. The van der Waals surface area contributed by atoms with Crippen LogP contribution in [0.4, 0.5) is 0 Å². The molecule has 27 heavy (non-hydrogen) atoms. The van der Waals surface area contributed by atoms with Gasteiger partial charge in [-0.2, -0.15) is 5.10 Å². The summed E-state index contributed by atoms with van der Waals surface area (Å²) < 4.78 is 1.83. The van der Waals surface area contributed by atoms with Gasteiger partial charge in [0, 0.05) is 11.1 Å². The zero-order valence-electron chi connectivity index (χ0n) is 15.8. The number of aromatic nitrogens is 2. The first-order valence-electron chi connectivity index (χ1n) is 9.07. The van der Waals surface area contributed by atoms with Gasteiger partial charge in [-0.05, 0) is 44.0 Å². The maximum atomic E-state index is 11.2. The fourth-order valence-corrected chi connectivity index (χ4v) is 3.74. The van der Waals surface area contributed by atoms with E-state index in [4.69, 9.17) is 5.10 Å². The average Bonchev–Trinajstić information content (AvgIpc) is 2.99. The van der Waals surface area contributed by atoms with Crippen LogP contribution in [0, 0.1) is 20.8 Å². The van der Waals surface area contributed by atoms with E-state index < -0.39 is 0 Å². The Balaban J connectivity index is 2.03. The zero-order chi connectivity index (χ0) is 19.0. The predicted molar refractivity (Wildman–Crippen MR) is 110 cm³/mol. The van der Waals surface area contributed by atoms with Gasteiger partial charge in [0.05, 0.1) is 5.69 Å². The third-order valence-corrected chi connectivity index (χ3v) is 4.82. The van der Waals surface area contributed by atoms with Crippen LogP contribution in [0.3, 0.4) is 0 Å². The summed E-state index contributed by atoms with van der Waals surface area (Å²) in [5.41, 5.74) is 7.59. The third-order valence-electron chi connectivity index (χ3n) is 4.82. The van der Waals surface area contributed by atoms with Gasteiger partial charge in [-0.15, -0.1) is 0 Å². The standard InChI is InChI=1S/C24H22N2O/c1-16-14-17(2)21(18(3)15-16)22-24(27)23(19-10-6-4-7-11-19)26(25-22)20-12-8-5-9-13-20/h4-15,27H,1-3H3. The Morgan fingerprint density at radius 1 is 0.778 bits per heavy atom. The largest absolute Gasteiger partial charge is 0.504 e. The van der Waals surface area contributed by atoms with Crippen molar-refractivity contribution in [1.29, 1.82) is 0 Å². The summed E-state index contributed by atoms with van der Waals surface area (Å²) >= 11 is 0. The molecule has 0 aliphatic heterocycles. The van der Waals surface area contributed by atoms with Crippen LogP contribution in [0.25, 0.3) is 28.2 Å². The fraction of sp³-hybridized carbons (Fsp3) is 0.125. The van der Waals surface area contributed by atoms with E-state index in [-0.39, 0.29) is 5.75 Å². The molecule has 0 bridgehead atoms. The molecule has 0 aliphatic carbocycles. The second-order valence-corrected chi connectivity index (χ2v) is 6.93. The fourth-order valence-electron chi connectivity index (χ4n) is 3.74. The first kappa shape index (κ1) is 17.1. The molecule has 1 aromatic heterocycles. The van der Waals surface area contributed by atoms with Crippen molar-refractivity contribution in [3.05, 3.63) is 89.5 Å². The molecule has 0 saturated heterocycles. The number of rotatable bonds is 3. The van der Waals surface area contributed by atoms with Gasteiger partial charge in [-0.25, -0.2) is 4.68 Å². The molecular formula is C24H22N2O. The number of para-hydroxylation sites is 1. The lowest BCUT2D eigenvalue weighted by atomic mass is 9.96. The van der Waals surface area contributed by atoms with Crippen molar-refractivity contribution in [3.63, 3.8) is 0 Å². The van der Waals surface area contributed by atoms with Crippen LogP contribution in [0.2, 0.25) is 0 Å². The van der Waals surface area contributed by atoms with Crippen molar-refractivity contribution in [2.24, 2.45) is 0 Å². The van der Waals surface area contributed by atoms with E-state index in [0.717, 1.165) is 27.9 Å². The molecule has 0 aliphatic rings. The van der Waals surface area contributed by atoms with Gasteiger partial charge in [0.25, 0.3) is 0 Å². The molecule has 0 atom stereocenters. The van der Waals surface area contributed by atoms with E-state index in [1.807, 2.05) is 65.3 Å². The second kappa shape index (κ2) is 6.76. The summed E-state index contributed by atoms with van der Waals surface area (Å²) in [5, 5.41) is 16.1. The van der Waals surface area contributed by atoms with Gasteiger partial charge in [0.15, 0.2) is 5.75 Å². The average molecular weight is 354 g/mol. The molecule has 1 N–H and O–H groups in total. The summed E-state index contributed by atoms with van der Waals surface area (Å²) in [6.07, 6.45) is 0. The van der Waals surface area contributed by atoms with Gasteiger partial charge in [-0.1, -0.05) is 66.2 Å². The molecule has 3 aromatic carbocycles. The monoisotopic (exact) mass is 354 g/mol. The molecular weight excluding hydrogens is 332 g/mol. The van der Waals surface area contributed by atoms with E-state index >= 15 is 0 Å². The van der Waals surface area contributed by atoms with E-state index in [2.05, 4.69) is 32.9 Å². The van der Waals surface area contributed by atoms with Crippen LogP contribution in [0.1, 0.15) is 16.7 Å². The number of hydrogen-bond acceptors (Lipinski definition) is 2. The third kappa shape index (κ3) is 3.02. The molecule has 0 radical (unpaired) electrons. The Bertz CT molecular complexity index is 1070. The molecule has 0 fully saturated rings. The number of aromatic hydroxyl groups is 1. The Kier molecular flexibility index (Phi) is 4.28. The van der Waals surface area contributed by atoms with Gasteiger partial charge in [0.2, 0.25) is 0 Å². The second-order valence-electron chi connectivity index (χ2n) is 6.93. The molecule has 3 heteroatoms. The lowest BCUT2D eigenvalue weighted by molar-refractivity contribution is 0.479. The molecule has 0 amide bonds. The van der Waals surface area contributed by atoms with Crippen LogP contribution in [0.5, 0.6) is 5.75 Å². The SMILES string of the molecule is Cc1cc(C)c(-c2nn(-c3ccccc3)c(-c3ccccc3)c2O)c(C)c1. The number of hydrogen-bond donors (Lipinski definition) is 1. The molecule has 134 valence electrons. The highest BCUT2D eigenvalue weighted by atomic mass is 16.3. The Labute approximate surface area is 159 Å². The molecule has 4 rings (SSSR count). The maximum absolute atomic E-state index is 11.2. The smallest absolute Gasteiger partial charge is 0.170 e. The summed E-state index contributed by atoms with van der Waals surface area (Å²) in [7, 11) is 0. The highest BCUT2D eigenvalue weighted by molar-refractivity contribution is 5.82. The zero-order valence-corrected chi connectivity index (χ0v) is 15.8. The molecule has 1 heterocycles. The van der Waals surface area contributed by atoms with Gasteiger partial charge < -0.3 is 5.11 Å². The van der Waals surface area contributed by atoms with Crippen LogP contribution in [-0.4, -0.2) is 14.9 Å². The minimum atomic E-state index is 0.208. The van der Waals surface area contributed by atoms with E-state index in [1.165, 1.54) is 5.56 Å². The quantitative estimate of drug-likeness (QED) is 0.502. The van der Waals surface area contributed by atoms with Crippen LogP contribution in [0.15, 0.2) is 72.8 Å². The summed E-state index contributed by atoms with van der Waals surface area (Å²) in [6.45, 7) is 6.22. The summed E-state index contributed by atoms with van der Waals surface area (Å²) in [6, 6.07) is 24.1. The minimum absolute atomic E-state index is 0.208. The van der Waals surface area contributed by atoms with E-state index in [1.54, 1.807) is 0 Å². The van der Waals surface area contributed by atoms with Crippen molar-refractivity contribution < 1.29 is 5.11 Å². The first-order valence-corrected chi connectivity index (χ1v) is 9.07. The van der Waals surface area contributed by atoms with Crippen LogP contribution < -0.4 is 0 Å². The van der Waals surface area contributed by atoms with Crippen molar-refractivity contribution in [3.8, 4) is 34.0 Å². The van der Waals surface area contributed by atoms with Crippen LogP contribution in [-0.2, 0) is 0 Å².